The van der Waals surface area contributed by atoms with Crippen LogP contribution >= 0.6 is 11.8 Å². The first-order valence-corrected chi connectivity index (χ1v) is 9.13. The highest BCUT2D eigenvalue weighted by molar-refractivity contribution is 8.00. The molecule has 2 rings (SSSR count). The molecule has 2 aromatic rings. The van der Waals surface area contributed by atoms with Gasteiger partial charge in [0.2, 0.25) is 0 Å². The van der Waals surface area contributed by atoms with E-state index >= 15 is 0 Å². The van der Waals surface area contributed by atoms with Gasteiger partial charge in [0, 0.05) is 5.56 Å². The molecule has 1 nitrogen and oxygen atoms in total. The Kier molecular flexibility index (Phi) is 7.24. The molecule has 0 bridgehead atoms. The number of carbonyl (C=O) groups excluding carboxylic acids is 1. The zero-order chi connectivity index (χ0) is 15.6. The number of Topliss-reactive ketones (excluding diaryl/α,β-unsaturated/α-hetero) is 1. The summed E-state index contributed by atoms with van der Waals surface area (Å²) in [7, 11) is 0. The summed E-state index contributed by atoms with van der Waals surface area (Å²) < 4.78 is 0. The van der Waals surface area contributed by atoms with Crippen LogP contribution in [0.4, 0.5) is 0 Å². The maximum Gasteiger partial charge on any atom is 0.180 e. The van der Waals surface area contributed by atoms with Crippen LogP contribution in [-0.4, -0.2) is 11.5 Å². The summed E-state index contributed by atoms with van der Waals surface area (Å²) in [6.07, 6.45) is 4.97. The van der Waals surface area contributed by atoms with Gasteiger partial charge in [-0.3, -0.25) is 4.79 Å². The summed E-state index contributed by atoms with van der Waals surface area (Å²) in [6, 6.07) is 19.8. The highest BCUT2D eigenvalue weighted by atomic mass is 32.2. The average molecular weight is 312 g/mol. The van der Waals surface area contributed by atoms with E-state index in [4.69, 9.17) is 0 Å². The third-order valence-electron chi connectivity index (χ3n) is 3.68. The molecule has 1 atom stereocenters. The fourth-order valence-electron chi connectivity index (χ4n) is 2.43. The number of rotatable bonds is 9. The van der Waals surface area contributed by atoms with E-state index in [1.165, 1.54) is 25.7 Å². The normalized spacial score (nSPS) is 12.0. The number of hydrogen-bond acceptors (Lipinski definition) is 2. The Bertz CT molecular complexity index is 550. The number of carbonyl (C=O) groups is 1. The Morgan fingerprint density at radius 1 is 0.909 bits per heavy atom. The zero-order valence-corrected chi connectivity index (χ0v) is 14.0. The second kappa shape index (κ2) is 9.47. The Morgan fingerprint density at radius 3 is 2.18 bits per heavy atom. The molecule has 0 amide bonds. The summed E-state index contributed by atoms with van der Waals surface area (Å²) in [4.78, 5) is 12.8. The molecule has 116 valence electrons. The van der Waals surface area contributed by atoms with Crippen molar-refractivity contribution < 1.29 is 4.79 Å². The van der Waals surface area contributed by atoms with E-state index in [1.54, 1.807) is 11.8 Å². The summed E-state index contributed by atoms with van der Waals surface area (Å²) in [5.74, 6) is 1.25. The van der Waals surface area contributed by atoms with Gasteiger partial charge in [0.05, 0.1) is 5.25 Å². The molecule has 0 aliphatic heterocycles. The average Bonchev–Trinajstić information content (AvgIpc) is 2.59. The van der Waals surface area contributed by atoms with Gasteiger partial charge in [-0.25, -0.2) is 0 Å². The summed E-state index contributed by atoms with van der Waals surface area (Å²) >= 11 is 1.78. The fourth-order valence-corrected chi connectivity index (χ4v) is 3.68. The van der Waals surface area contributed by atoms with E-state index in [-0.39, 0.29) is 11.0 Å². The van der Waals surface area contributed by atoms with Gasteiger partial charge in [-0.2, -0.15) is 0 Å². The predicted octanol–water partition coefficient (Wildman–Crippen LogP) is 5.92. The lowest BCUT2D eigenvalue weighted by Gasteiger charge is -2.16. The third kappa shape index (κ3) is 5.03. The topological polar surface area (TPSA) is 17.1 Å². The van der Waals surface area contributed by atoms with Gasteiger partial charge in [-0.15, -0.1) is 11.8 Å². The zero-order valence-electron chi connectivity index (χ0n) is 13.2. The fraction of sp³-hybridized carbons (Fsp3) is 0.350. The third-order valence-corrected chi connectivity index (χ3v) is 5.03. The molecule has 0 aliphatic carbocycles. The highest BCUT2D eigenvalue weighted by Gasteiger charge is 2.21. The summed E-state index contributed by atoms with van der Waals surface area (Å²) in [6.45, 7) is 2.22. The molecule has 2 aromatic carbocycles. The van der Waals surface area contributed by atoms with Gasteiger partial charge < -0.3 is 0 Å². The number of benzene rings is 2. The van der Waals surface area contributed by atoms with Crippen LogP contribution in [0.5, 0.6) is 0 Å². The van der Waals surface area contributed by atoms with Crippen molar-refractivity contribution in [3.63, 3.8) is 0 Å². The van der Waals surface area contributed by atoms with Crippen LogP contribution in [-0.2, 0) is 0 Å². The van der Waals surface area contributed by atoms with Crippen LogP contribution in [0.2, 0.25) is 0 Å². The molecule has 0 saturated carbocycles. The lowest BCUT2D eigenvalue weighted by atomic mass is 10.0. The molecule has 0 heterocycles. The van der Waals surface area contributed by atoms with E-state index in [2.05, 4.69) is 19.1 Å². The smallest absolute Gasteiger partial charge is 0.180 e. The van der Waals surface area contributed by atoms with E-state index in [0.29, 0.717) is 0 Å². The second-order valence-electron chi connectivity index (χ2n) is 5.45. The van der Waals surface area contributed by atoms with Gasteiger partial charge in [0.15, 0.2) is 5.78 Å². The number of unbranched alkanes of at least 4 members (excludes halogenated alkanes) is 3. The maximum atomic E-state index is 12.8. The summed E-state index contributed by atoms with van der Waals surface area (Å²) in [5.41, 5.74) is 1.91. The van der Waals surface area contributed by atoms with Crippen molar-refractivity contribution in [2.24, 2.45) is 0 Å². The standard InChI is InChI=1S/C20H24OS/c1-2-3-4-11-16-22-20(18-14-9-6-10-15-18)19(21)17-12-7-5-8-13-17/h5-10,12-15,20H,2-4,11,16H2,1H3. The molecule has 0 spiro atoms. The van der Waals surface area contributed by atoms with E-state index in [9.17, 15) is 4.79 Å². The number of thioether (sulfide) groups is 1. The summed E-state index contributed by atoms with van der Waals surface area (Å²) in [5, 5.41) is -0.0924. The predicted molar refractivity (Wildman–Crippen MR) is 96.6 cm³/mol. The van der Waals surface area contributed by atoms with Gasteiger partial charge in [0.1, 0.15) is 0 Å². The van der Waals surface area contributed by atoms with Crippen molar-refractivity contribution in [1.29, 1.82) is 0 Å². The molecular weight excluding hydrogens is 288 g/mol. The van der Waals surface area contributed by atoms with Crippen molar-refractivity contribution in [3.05, 3.63) is 71.8 Å². The minimum atomic E-state index is -0.0924. The molecular formula is C20H24OS. The van der Waals surface area contributed by atoms with Gasteiger partial charge in [0.25, 0.3) is 0 Å². The maximum absolute atomic E-state index is 12.8. The quantitative estimate of drug-likeness (QED) is 0.422. The molecule has 22 heavy (non-hydrogen) atoms. The second-order valence-corrected chi connectivity index (χ2v) is 6.67. The van der Waals surface area contributed by atoms with Crippen LogP contribution in [0, 0.1) is 0 Å². The molecule has 0 aromatic heterocycles. The van der Waals surface area contributed by atoms with Gasteiger partial charge >= 0.3 is 0 Å². The number of ketones is 1. The lowest BCUT2D eigenvalue weighted by molar-refractivity contribution is 0.0989. The minimum absolute atomic E-state index is 0.0924. The molecule has 1 unspecified atom stereocenters. The SMILES string of the molecule is CCCCCCSC(C(=O)c1ccccc1)c1ccccc1. The van der Waals surface area contributed by atoms with E-state index < -0.39 is 0 Å². The first-order chi connectivity index (χ1) is 10.8. The first-order valence-electron chi connectivity index (χ1n) is 8.08. The monoisotopic (exact) mass is 312 g/mol. The highest BCUT2D eigenvalue weighted by Crippen LogP contribution is 2.33. The van der Waals surface area contributed by atoms with E-state index in [0.717, 1.165) is 16.9 Å². The van der Waals surface area contributed by atoms with Crippen molar-refractivity contribution in [3.8, 4) is 0 Å². The molecule has 0 saturated heterocycles. The van der Waals surface area contributed by atoms with Crippen LogP contribution in [0.1, 0.15) is 53.8 Å². The van der Waals surface area contributed by atoms with Crippen LogP contribution in [0.25, 0.3) is 0 Å². The van der Waals surface area contributed by atoms with E-state index in [1.807, 2.05) is 48.5 Å². The van der Waals surface area contributed by atoms with Crippen LogP contribution in [0.3, 0.4) is 0 Å². The largest absolute Gasteiger partial charge is 0.293 e. The molecule has 0 fully saturated rings. The Morgan fingerprint density at radius 2 is 1.55 bits per heavy atom. The Hall–Kier alpha value is -1.54. The van der Waals surface area contributed by atoms with Crippen LogP contribution < -0.4 is 0 Å². The Balaban J connectivity index is 2.07. The number of hydrogen-bond donors (Lipinski definition) is 0. The minimum Gasteiger partial charge on any atom is -0.293 e. The molecule has 0 N–H and O–H groups in total. The van der Waals surface area contributed by atoms with Crippen molar-refractivity contribution >= 4 is 17.5 Å². The first kappa shape index (κ1) is 16.8. The molecule has 2 heteroatoms. The molecule has 0 aliphatic rings. The lowest BCUT2D eigenvalue weighted by Crippen LogP contribution is -2.10. The Labute approximate surface area is 138 Å². The van der Waals surface area contributed by atoms with Crippen molar-refractivity contribution in [2.45, 2.75) is 37.9 Å². The molecule has 0 radical (unpaired) electrons. The van der Waals surface area contributed by atoms with Crippen LogP contribution in [0.15, 0.2) is 60.7 Å². The van der Waals surface area contributed by atoms with Crippen molar-refractivity contribution in [2.75, 3.05) is 5.75 Å². The van der Waals surface area contributed by atoms with Crippen molar-refractivity contribution in [1.82, 2.24) is 0 Å². The van der Waals surface area contributed by atoms with Gasteiger partial charge in [-0.1, -0.05) is 86.8 Å². The van der Waals surface area contributed by atoms with Gasteiger partial charge in [-0.05, 0) is 17.7 Å².